The quantitative estimate of drug-likeness (QED) is 0.807. The predicted molar refractivity (Wildman–Crippen MR) is 110 cm³/mol. The lowest BCUT2D eigenvalue weighted by molar-refractivity contribution is -0.129. The number of fused-ring (bicyclic) bond motifs is 2. The first-order chi connectivity index (χ1) is 13.0. The summed E-state index contributed by atoms with van der Waals surface area (Å²) in [5, 5.41) is 4.63. The number of amides is 1. The molecule has 1 aliphatic carbocycles. The molecular weight excluding hydrogens is 374 g/mol. The van der Waals surface area contributed by atoms with Crippen molar-refractivity contribution in [3.8, 4) is 0 Å². The summed E-state index contributed by atoms with van der Waals surface area (Å²) in [6, 6.07) is 6.37. The molecule has 1 aromatic carbocycles. The summed E-state index contributed by atoms with van der Waals surface area (Å²) in [6.07, 6.45) is 2.85. The van der Waals surface area contributed by atoms with Crippen LogP contribution in [-0.2, 0) is 21.1 Å². The fraction of sp³-hybridized carbons (Fsp3) is 0.571. The van der Waals surface area contributed by atoms with Crippen molar-refractivity contribution in [2.45, 2.75) is 56.6 Å². The Bertz CT molecular complexity index is 1050. The molecule has 2 aromatic rings. The Kier molecular flexibility index (Phi) is 4.39. The van der Waals surface area contributed by atoms with Gasteiger partial charge in [-0.25, -0.2) is 8.42 Å². The monoisotopic (exact) mass is 403 g/mol. The molecule has 0 spiro atoms. The van der Waals surface area contributed by atoms with Crippen LogP contribution >= 0.6 is 0 Å². The molecule has 3 atom stereocenters. The van der Waals surface area contributed by atoms with Gasteiger partial charge in [0.05, 0.1) is 0 Å². The first kappa shape index (κ1) is 19.5. The van der Waals surface area contributed by atoms with E-state index in [2.05, 4.69) is 28.3 Å². The molecule has 1 aliphatic heterocycles. The van der Waals surface area contributed by atoms with Gasteiger partial charge in [-0.3, -0.25) is 4.79 Å². The van der Waals surface area contributed by atoms with E-state index in [0.717, 1.165) is 29.4 Å². The number of nitrogens with zero attached hydrogens (tertiary/aromatic N) is 1. The molecule has 6 nitrogen and oxygen atoms in total. The lowest BCUT2D eigenvalue weighted by Crippen LogP contribution is -2.56. The average molecular weight is 404 g/mol. The van der Waals surface area contributed by atoms with E-state index < -0.39 is 15.3 Å². The van der Waals surface area contributed by atoms with E-state index in [1.807, 2.05) is 32.9 Å². The molecule has 1 aromatic heterocycles. The number of likely N-dealkylation sites (tertiary alicyclic amines) is 1. The second-order valence-electron chi connectivity index (χ2n) is 9.45. The number of rotatable bonds is 2. The SMILES string of the molecule is CN1C[C@@H](NC(=O)C(C)(C)C)C[C@@H]2c3cccc4[nH]c(S(C)(=O)=O)c(c34)C[C@H]21. The number of likely N-dealkylation sites (N-methyl/N-ethyl adjacent to an activating group) is 1. The van der Waals surface area contributed by atoms with Crippen molar-refractivity contribution in [1.82, 2.24) is 15.2 Å². The molecule has 2 N–H and O–H groups in total. The largest absolute Gasteiger partial charge is 0.352 e. The molecule has 152 valence electrons. The van der Waals surface area contributed by atoms with Crippen LogP contribution in [0.5, 0.6) is 0 Å². The Labute approximate surface area is 166 Å². The number of hydrogen-bond donors (Lipinski definition) is 2. The lowest BCUT2D eigenvalue weighted by Gasteiger charge is -2.46. The van der Waals surface area contributed by atoms with Crippen LogP contribution in [0.25, 0.3) is 10.9 Å². The van der Waals surface area contributed by atoms with E-state index in [9.17, 15) is 13.2 Å². The highest BCUT2D eigenvalue weighted by Crippen LogP contribution is 2.45. The van der Waals surface area contributed by atoms with Crippen LogP contribution in [0.4, 0.5) is 0 Å². The van der Waals surface area contributed by atoms with Gasteiger partial charge in [0, 0.05) is 47.1 Å². The summed E-state index contributed by atoms with van der Waals surface area (Å²) in [4.78, 5) is 17.9. The molecule has 0 radical (unpaired) electrons. The zero-order valence-corrected chi connectivity index (χ0v) is 18.0. The molecule has 0 bridgehead atoms. The maximum Gasteiger partial charge on any atom is 0.225 e. The molecule has 2 heterocycles. The van der Waals surface area contributed by atoms with Crippen molar-refractivity contribution in [1.29, 1.82) is 0 Å². The van der Waals surface area contributed by atoms with Crippen molar-refractivity contribution in [3.63, 3.8) is 0 Å². The van der Waals surface area contributed by atoms with Crippen LogP contribution in [0.15, 0.2) is 23.2 Å². The molecule has 0 saturated carbocycles. The van der Waals surface area contributed by atoms with E-state index in [1.165, 1.54) is 11.8 Å². The van der Waals surface area contributed by atoms with Gasteiger partial charge < -0.3 is 15.2 Å². The second-order valence-corrected chi connectivity index (χ2v) is 11.4. The number of sulfone groups is 1. The number of piperidine rings is 1. The van der Waals surface area contributed by atoms with Gasteiger partial charge in [-0.15, -0.1) is 0 Å². The zero-order valence-electron chi connectivity index (χ0n) is 17.2. The van der Waals surface area contributed by atoms with Crippen molar-refractivity contribution in [2.75, 3.05) is 19.8 Å². The van der Waals surface area contributed by atoms with E-state index in [-0.39, 0.29) is 23.9 Å². The van der Waals surface area contributed by atoms with Crippen molar-refractivity contribution >= 4 is 26.6 Å². The number of nitrogens with one attached hydrogen (secondary N) is 2. The summed E-state index contributed by atoms with van der Waals surface area (Å²) >= 11 is 0. The van der Waals surface area contributed by atoms with Crippen LogP contribution in [0, 0.1) is 5.41 Å². The van der Waals surface area contributed by atoms with Gasteiger partial charge in [0.1, 0.15) is 5.03 Å². The van der Waals surface area contributed by atoms with E-state index >= 15 is 0 Å². The van der Waals surface area contributed by atoms with Crippen LogP contribution < -0.4 is 5.32 Å². The number of H-pyrrole nitrogens is 1. The fourth-order valence-electron chi connectivity index (χ4n) is 4.82. The third kappa shape index (κ3) is 3.14. The Morgan fingerprint density at radius 1 is 1.29 bits per heavy atom. The molecule has 1 fully saturated rings. The van der Waals surface area contributed by atoms with E-state index in [1.54, 1.807) is 0 Å². The molecular formula is C21H29N3O3S. The number of aromatic amines is 1. The highest BCUT2D eigenvalue weighted by Gasteiger charge is 2.42. The molecule has 2 aliphatic rings. The highest BCUT2D eigenvalue weighted by molar-refractivity contribution is 7.90. The summed E-state index contributed by atoms with van der Waals surface area (Å²) in [5.41, 5.74) is 2.57. The molecule has 28 heavy (non-hydrogen) atoms. The number of hydrogen-bond acceptors (Lipinski definition) is 4. The molecule has 1 saturated heterocycles. The highest BCUT2D eigenvalue weighted by atomic mass is 32.2. The topological polar surface area (TPSA) is 82.3 Å². The third-order valence-corrected chi connectivity index (χ3v) is 7.29. The minimum atomic E-state index is -3.32. The molecule has 1 amide bonds. The van der Waals surface area contributed by atoms with Gasteiger partial charge >= 0.3 is 0 Å². The van der Waals surface area contributed by atoms with Crippen LogP contribution in [0.3, 0.4) is 0 Å². The number of carbonyl (C=O) groups is 1. The Morgan fingerprint density at radius 3 is 2.64 bits per heavy atom. The first-order valence-electron chi connectivity index (χ1n) is 9.81. The third-order valence-electron chi connectivity index (χ3n) is 6.20. The van der Waals surface area contributed by atoms with Crippen molar-refractivity contribution in [3.05, 3.63) is 29.3 Å². The minimum absolute atomic E-state index is 0.0695. The van der Waals surface area contributed by atoms with Crippen LogP contribution in [-0.4, -0.2) is 56.1 Å². The van der Waals surface area contributed by atoms with Crippen molar-refractivity contribution in [2.24, 2.45) is 5.41 Å². The fourth-order valence-corrected chi connectivity index (χ4v) is 5.75. The molecule has 0 unspecified atom stereocenters. The van der Waals surface area contributed by atoms with Gasteiger partial charge in [0.25, 0.3) is 0 Å². The zero-order chi connectivity index (χ0) is 20.4. The second kappa shape index (κ2) is 6.32. The minimum Gasteiger partial charge on any atom is -0.352 e. The molecule has 4 rings (SSSR count). The average Bonchev–Trinajstić information content (AvgIpc) is 2.95. The standard InChI is InChI=1S/C21H29N3O3S/c1-21(2,3)20(25)22-12-9-14-13-7-6-8-16-18(13)15(10-17(14)24(4)11-12)19(23-16)28(5,26)27/h6-8,12,14,17,23H,9-11H2,1-5H3,(H,22,25)/t12-,14+,17+/m0/s1. The van der Waals surface area contributed by atoms with Crippen molar-refractivity contribution < 1.29 is 13.2 Å². The van der Waals surface area contributed by atoms with Crippen LogP contribution in [0.2, 0.25) is 0 Å². The van der Waals surface area contributed by atoms with Gasteiger partial charge in [-0.1, -0.05) is 32.9 Å². The van der Waals surface area contributed by atoms with Gasteiger partial charge in [0.15, 0.2) is 9.84 Å². The molecule has 7 heteroatoms. The summed E-state index contributed by atoms with van der Waals surface area (Å²) in [5.74, 6) is 0.337. The summed E-state index contributed by atoms with van der Waals surface area (Å²) in [6.45, 7) is 6.56. The first-order valence-corrected chi connectivity index (χ1v) is 11.7. The van der Waals surface area contributed by atoms with Crippen LogP contribution in [0.1, 0.15) is 44.2 Å². The lowest BCUT2D eigenvalue weighted by atomic mass is 9.74. The Balaban J connectivity index is 1.75. The normalized spacial score (nSPS) is 25.5. The maximum atomic E-state index is 12.5. The van der Waals surface area contributed by atoms with E-state index in [0.29, 0.717) is 11.4 Å². The summed E-state index contributed by atoms with van der Waals surface area (Å²) in [7, 11) is -1.25. The number of carbonyl (C=O) groups excluding carboxylic acids is 1. The summed E-state index contributed by atoms with van der Waals surface area (Å²) < 4.78 is 24.7. The predicted octanol–water partition coefficient (Wildman–Crippen LogP) is 2.45. The Hall–Kier alpha value is -1.86. The van der Waals surface area contributed by atoms with Gasteiger partial charge in [-0.2, -0.15) is 0 Å². The number of benzene rings is 1. The smallest absolute Gasteiger partial charge is 0.225 e. The number of aromatic nitrogens is 1. The van der Waals surface area contributed by atoms with Gasteiger partial charge in [0.2, 0.25) is 5.91 Å². The Morgan fingerprint density at radius 2 is 2.00 bits per heavy atom. The van der Waals surface area contributed by atoms with Gasteiger partial charge in [-0.05, 0) is 37.1 Å². The van der Waals surface area contributed by atoms with E-state index in [4.69, 9.17) is 0 Å². The maximum absolute atomic E-state index is 12.5.